The van der Waals surface area contributed by atoms with Gasteiger partial charge in [-0.1, -0.05) is 32.6 Å². The largest absolute Gasteiger partial charge is 0.494 e. The minimum atomic E-state index is -0.658. The van der Waals surface area contributed by atoms with Crippen molar-refractivity contribution < 1.29 is 14.3 Å². The van der Waals surface area contributed by atoms with Crippen molar-refractivity contribution in [2.45, 2.75) is 57.5 Å². The predicted octanol–water partition coefficient (Wildman–Crippen LogP) is 4.15. The highest BCUT2D eigenvalue weighted by Crippen LogP contribution is 2.32. The van der Waals surface area contributed by atoms with Crippen molar-refractivity contribution in [3.63, 3.8) is 0 Å². The lowest BCUT2D eigenvalue weighted by atomic mass is 9.84. The normalized spacial score (nSPS) is 17.0. The van der Waals surface area contributed by atoms with Gasteiger partial charge in [0.05, 0.1) is 6.61 Å². The molecular formula is C18H27NO3. The second-order valence-electron chi connectivity index (χ2n) is 5.94. The molecule has 22 heavy (non-hydrogen) atoms. The molecule has 1 saturated carbocycles. The maximum Gasteiger partial charge on any atom is 0.256 e. The molecule has 1 amide bonds. The topological polar surface area (TPSA) is 47.6 Å². The van der Waals surface area contributed by atoms with Crippen molar-refractivity contribution in [2.24, 2.45) is 0 Å². The summed E-state index contributed by atoms with van der Waals surface area (Å²) in [5.41, 5.74) is 0.129. The van der Waals surface area contributed by atoms with Crippen LogP contribution in [0.15, 0.2) is 24.3 Å². The van der Waals surface area contributed by atoms with Gasteiger partial charge in [0.2, 0.25) is 0 Å². The van der Waals surface area contributed by atoms with Crippen LogP contribution in [0.5, 0.6) is 5.75 Å². The number of carbonyl (C=O) groups is 1. The third-order valence-electron chi connectivity index (χ3n) is 4.34. The van der Waals surface area contributed by atoms with E-state index in [9.17, 15) is 4.79 Å². The van der Waals surface area contributed by atoms with Gasteiger partial charge in [-0.05, 0) is 43.5 Å². The fraction of sp³-hybridized carbons (Fsp3) is 0.611. The molecule has 0 spiro atoms. The number of nitrogens with one attached hydrogen (secondary N) is 1. The lowest BCUT2D eigenvalue weighted by Crippen LogP contribution is -2.46. The molecule has 0 aliphatic heterocycles. The molecule has 4 heteroatoms. The lowest BCUT2D eigenvalue weighted by Gasteiger charge is -2.34. The van der Waals surface area contributed by atoms with E-state index in [1.807, 2.05) is 24.3 Å². The van der Waals surface area contributed by atoms with E-state index < -0.39 is 5.60 Å². The third kappa shape index (κ3) is 4.23. The Morgan fingerprint density at radius 1 is 1.18 bits per heavy atom. The van der Waals surface area contributed by atoms with Crippen LogP contribution in [0.2, 0.25) is 0 Å². The third-order valence-corrected chi connectivity index (χ3v) is 4.34. The lowest BCUT2D eigenvalue weighted by molar-refractivity contribution is -0.141. The molecule has 1 aliphatic rings. The van der Waals surface area contributed by atoms with Crippen LogP contribution in [-0.2, 0) is 9.53 Å². The first kappa shape index (κ1) is 16.8. The standard InChI is InChI=1S/C18H27NO3/c1-3-4-14-22-16-10-8-15(9-11-16)19-17(20)18(21-2)12-6-5-7-13-18/h8-11H,3-7,12-14H2,1-2H3,(H,19,20). The summed E-state index contributed by atoms with van der Waals surface area (Å²) in [6, 6.07) is 7.55. The average Bonchev–Trinajstić information content (AvgIpc) is 2.57. The van der Waals surface area contributed by atoms with E-state index in [4.69, 9.17) is 9.47 Å². The summed E-state index contributed by atoms with van der Waals surface area (Å²) in [6.07, 6.45) is 7.04. The Kier molecular flexibility index (Phi) is 6.25. The van der Waals surface area contributed by atoms with E-state index in [0.717, 1.165) is 56.6 Å². The SMILES string of the molecule is CCCCOc1ccc(NC(=O)C2(OC)CCCCC2)cc1. The summed E-state index contributed by atoms with van der Waals surface area (Å²) in [5, 5.41) is 2.98. The van der Waals surface area contributed by atoms with E-state index >= 15 is 0 Å². The smallest absolute Gasteiger partial charge is 0.256 e. The minimum absolute atomic E-state index is 0.0330. The van der Waals surface area contributed by atoms with Crippen LogP contribution in [0.3, 0.4) is 0 Å². The van der Waals surface area contributed by atoms with Gasteiger partial charge in [-0.3, -0.25) is 4.79 Å². The zero-order valence-electron chi connectivity index (χ0n) is 13.7. The number of anilines is 1. The summed E-state index contributed by atoms with van der Waals surface area (Å²) >= 11 is 0. The Morgan fingerprint density at radius 2 is 1.86 bits per heavy atom. The molecular weight excluding hydrogens is 278 g/mol. The maximum absolute atomic E-state index is 12.5. The number of rotatable bonds is 7. The van der Waals surface area contributed by atoms with E-state index in [1.54, 1.807) is 7.11 Å². The zero-order chi connectivity index (χ0) is 15.8. The van der Waals surface area contributed by atoms with E-state index in [-0.39, 0.29) is 5.91 Å². The summed E-state index contributed by atoms with van der Waals surface area (Å²) < 4.78 is 11.2. The monoisotopic (exact) mass is 305 g/mol. The van der Waals surface area contributed by atoms with E-state index in [2.05, 4.69) is 12.2 Å². The Balaban J connectivity index is 1.93. The molecule has 1 fully saturated rings. The molecule has 1 aliphatic carbocycles. The molecule has 122 valence electrons. The summed E-state index contributed by atoms with van der Waals surface area (Å²) in [4.78, 5) is 12.5. The van der Waals surface area contributed by atoms with Crippen LogP contribution in [0, 0.1) is 0 Å². The molecule has 0 heterocycles. The van der Waals surface area contributed by atoms with Crippen molar-refractivity contribution in [1.29, 1.82) is 0 Å². The van der Waals surface area contributed by atoms with Gasteiger partial charge in [-0.15, -0.1) is 0 Å². The number of carbonyl (C=O) groups excluding carboxylic acids is 1. The minimum Gasteiger partial charge on any atom is -0.494 e. The first-order valence-corrected chi connectivity index (χ1v) is 8.29. The predicted molar refractivity (Wildman–Crippen MR) is 88.3 cm³/mol. The second-order valence-corrected chi connectivity index (χ2v) is 5.94. The molecule has 0 unspecified atom stereocenters. The van der Waals surface area contributed by atoms with Crippen molar-refractivity contribution in [2.75, 3.05) is 19.0 Å². The Bertz CT molecular complexity index is 464. The molecule has 0 aromatic heterocycles. The second kappa shape index (κ2) is 8.18. The highest BCUT2D eigenvalue weighted by atomic mass is 16.5. The van der Waals surface area contributed by atoms with Crippen molar-refractivity contribution in [3.05, 3.63) is 24.3 Å². The van der Waals surface area contributed by atoms with Gasteiger partial charge in [-0.25, -0.2) is 0 Å². The van der Waals surface area contributed by atoms with Crippen LogP contribution < -0.4 is 10.1 Å². The first-order chi connectivity index (χ1) is 10.7. The summed E-state index contributed by atoms with van der Waals surface area (Å²) in [7, 11) is 1.63. The van der Waals surface area contributed by atoms with Gasteiger partial charge in [-0.2, -0.15) is 0 Å². The molecule has 1 aromatic carbocycles. The van der Waals surface area contributed by atoms with Gasteiger partial charge in [0, 0.05) is 12.8 Å². The van der Waals surface area contributed by atoms with Crippen molar-refractivity contribution >= 4 is 11.6 Å². The average molecular weight is 305 g/mol. The number of amides is 1. The Labute approximate surface area is 133 Å². The first-order valence-electron chi connectivity index (χ1n) is 8.29. The van der Waals surface area contributed by atoms with Gasteiger partial charge in [0.15, 0.2) is 0 Å². The highest BCUT2D eigenvalue weighted by Gasteiger charge is 2.39. The fourth-order valence-electron chi connectivity index (χ4n) is 2.86. The van der Waals surface area contributed by atoms with Crippen LogP contribution in [0.25, 0.3) is 0 Å². The molecule has 0 bridgehead atoms. The molecule has 0 saturated heterocycles. The molecule has 4 nitrogen and oxygen atoms in total. The van der Waals surface area contributed by atoms with E-state index in [0.29, 0.717) is 0 Å². The molecule has 1 N–H and O–H groups in total. The van der Waals surface area contributed by atoms with E-state index in [1.165, 1.54) is 6.42 Å². The number of methoxy groups -OCH3 is 1. The van der Waals surface area contributed by atoms with Crippen molar-refractivity contribution in [3.8, 4) is 5.75 Å². The number of unbranched alkanes of at least 4 members (excludes halogenated alkanes) is 1. The number of ether oxygens (including phenoxy) is 2. The van der Waals surface area contributed by atoms with Crippen LogP contribution in [-0.4, -0.2) is 25.2 Å². The van der Waals surface area contributed by atoms with Gasteiger partial charge < -0.3 is 14.8 Å². The zero-order valence-corrected chi connectivity index (χ0v) is 13.7. The fourth-order valence-corrected chi connectivity index (χ4v) is 2.86. The Morgan fingerprint density at radius 3 is 2.45 bits per heavy atom. The molecule has 1 aromatic rings. The molecule has 0 atom stereocenters. The molecule has 0 radical (unpaired) electrons. The Hall–Kier alpha value is -1.55. The quantitative estimate of drug-likeness (QED) is 0.770. The molecule has 2 rings (SSSR count). The van der Waals surface area contributed by atoms with Gasteiger partial charge in [0.25, 0.3) is 5.91 Å². The van der Waals surface area contributed by atoms with Crippen LogP contribution in [0.4, 0.5) is 5.69 Å². The number of hydrogen-bond acceptors (Lipinski definition) is 3. The van der Waals surface area contributed by atoms with Crippen LogP contribution in [0.1, 0.15) is 51.9 Å². The van der Waals surface area contributed by atoms with Crippen LogP contribution >= 0.6 is 0 Å². The summed E-state index contributed by atoms with van der Waals surface area (Å²) in [5.74, 6) is 0.805. The maximum atomic E-state index is 12.5. The number of hydrogen-bond donors (Lipinski definition) is 1. The van der Waals surface area contributed by atoms with Crippen molar-refractivity contribution in [1.82, 2.24) is 0 Å². The highest BCUT2D eigenvalue weighted by molar-refractivity contribution is 5.97. The summed E-state index contributed by atoms with van der Waals surface area (Å²) in [6.45, 7) is 2.87. The number of benzene rings is 1. The van der Waals surface area contributed by atoms with Gasteiger partial charge >= 0.3 is 0 Å². The van der Waals surface area contributed by atoms with Gasteiger partial charge in [0.1, 0.15) is 11.4 Å².